The average molecular weight is 380 g/mol. The molecule has 1 aliphatic heterocycles. The van der Waals surface area contributed by atoms with E-state index in [0.717, 1.165) is 5.75 Å². The maximum Gasteiger partial charge on any atom is 0.345 e. The molecule has 2 heterocycles. The van der Waals surface area contributed by atoms with E-state index in [0.29, 0.717) is 44.9 Å². The summed E-state index contributed by atoms with van der Waals surface area (Å²) in [6, 6.07) is 9.42. The van der Waals surface area contributed by atoms with Gasteiger partial charge in [-0.3, -0.25) is 4.57 Å². The predicted molar refractivity (Wildman–Crippen MR) is 97.8 cm³/mol. The van der Waals surface area contributed by atoms with Crippen molar-refractivity contribution in [2.45, 2.75) is 25.3 Å². The first-order valence-corrected chi connectivity index (χ1v) is 10.5. The summed E-state index contributed by atoms with van der Waals surface area (Å²) in [5.41, 5.74) is -0.179. The molecule has 0 unspecified atom stereocenters. The minimum atomic E-state index is -3.16. The van der Waals surface area contributed by atoms with Gasteiger partial charge in [0.25, 0.3) is 0 Å². The van der Waals surface area contributed by atoms with Crippen molar-refractivity contribution >= 4 is 10.0 Å². The lowest BCUT2D eigenvalue weighted by Gasteiger charge is -2.29. The van der Waals surface area contributed by atoms with Gasteiger partial charge in [0.05, 0.1) is 12.8 Å². The molecule has 0 spiro atoms. The Kier molecular flexibility index (Phi) is 5.47. The largest absolute Gasteiger partial charge is 0.492 e. The van der Waals surface area contributed by atoms with Gasteiger partial charge in [-0.05, 0) is 25.0 Å². The van der Waals surface area contributed by atoms with Gasteiger partial charge >= 0.3 is 5.69 Å². The number of rotatable bonds is 6. The number of aromatic nitrogens is 3. The van der Waals surface area contributed by atoms with Gasteiger partial charge in [-0.25, -0.2) is 22.2 Å². The zero-order valence-electron chi connectivity index (χ0n) is 15.0. The third-order valence-corrected chi connectivity index (χ3v) is 5.98. The van der Waals surface area contributed by atoms with E-state index in [1.807, 2.05) is 30.3 Å². The second kappa shape index (κ2) is 7.63. The summed E-state index contributed by atoms with van der Waals surface area (Å²) in [5, 5.41) is 4.47. The highest BCUT2D eigenvalue weighted by Gasteiger charge is 2.29. The normalized spacial score (nSPS) is 16.7. The van der Waals surface area contributed by atoms with Crippen LogP contribution in [0.5, 0.6) is 5.75 Å². The molecule has 8 nitrogen and oxygen atoms in total. The predicted octanol–water partition coefficient (Wildman–Crippen LogP) is 0.800. The first-order chi connectivity index (χ1) is 12.4. The minimum absolute atomic E-state index is 0.0852. The lowest BCUT2D eigenvalue weighted by atomic mass is 9.97. The van der Waals surface area contributed by atoms with Crippen LogP contribution in [0.25, 0.3) is 0 Å². The lowest BCUT2D eigenvalue weighted by molar-refractivity contribution is 0.286. The molecular formula is C17H24N4O4S. The monoisotopic (exact) mass is 380 g/mol. The number of piperidine rings is 1. The summed E-state index contributed by atoms with van der Waals surface area (Å²) in [6.07, 6.45) is 2.56. The fourth-order valence-corrected chi connectivity index (χ4v) is 4.09. The van der Waals surface area contributed by atoms with Crippen molar-refractivity contribution in [2.24, 2.45) is 7.05 Å². The molecule has 1 saturated heterocycles. The number of hydrogen-bond donors (Lipinski definition) is 0. The van der Waals surface area contributed by atoms with Crippen molar-refractivity contribution in [3.8, 4) is 5.75 Å². The van der Waals surface area contributed by atoms with E-state index in [2.05, 4.69) is 5.10 Å². The number of benzene rings is 1. The first kappa shape index (κ1) is 18.7. The SMILES string of the molecule is Cn1c(C2CCN(S(C)(=O)=O)CC2)nn(CCOc2ccccc2)c1=O. The molecular weight excluding hydrogens is 356 g/mol. The lowest BCUT2D eigenvalue weighted by Crippen LogP contribution is -2.37. The summed E-state index contributed by atoms with van der Waals surface area (Å²) in [4.78, 5) is 12.4. The molecule has 0 amide bonds. The number of sulfonamides is 1. The molecule has 2 aromatic rings. The highest BCUT2D eigenvalue weighted by Crippen LogP contribution is 2.26. The summed E-state index contributed by atoms with van der Waals surface area (Å²) in [7, 11) is -1.45. The minimum Gasteiger partial charge on any atom is -0.492 e. The molecule has 0 aliphatic carbocycles. The number of nitrogens with zero attached hydrogens (tertiary/aromatic N) is 4. The Bertz CT molecular complexity index is 897. The summed E-state index contributed by atoms with van der Waals surface area (Å²) < 4.78 is 33.3. The van der Waals surface area contributed by atoms with Gasteiger partial charge in [-0.2, -0.15) is 5.10 Å². The van der Waals surface area contributed by atoms with Gasteiger partial charge in [0.2, 0.25) is 10.0 Å². The Morgan fingerprint density at radius 3 is 2.46 bits per heavy atom. The molecule has 0 radical (unpaired) electrons. The summed E-state index contributed by atoms with van der Waals surface area (Å²) in [6.45, 7) is 1.64. The second-order valence-electron chi connectivity index (χ2n) is 6.52. The molecule has 142 valence electrons. The van der Waals surface area contributed by atoms with Gasteiger partial charge in [-0.15, -0.1) is 0 Å². The molecule has 0 bridgehead atoms. The zero-order valence-corrected chi connectivity index (χ0v) is 15.9. The fourth-order valence-electron chi connectivity index (χ4n) is 3.22. The van der Waals surface area contributed by atoms with Crippen LogP contribution in [-0.4, -0.2) is 53.0 Å². The highest BCUT2D eigenvalue weighted by atomic mass is 32.2. The Balaban J connectivity index is 1.63. The fraction of sp³-hybridized carbons (Fsp3) is 0.529. The maximum atomic E-state index is 12.4. The molecule has 1 fully saturated rings. The van der Waals surface area contributed by atoms with Crippen LogP contribution in [-0.2, 0) is 23.6 Å². The second-order valence-corrected chi connectivity index (χ2v) is 8.50. The number of hydrogen-bond acceptors (Lipinski definition) is 5. The third-order valence-electron chi connectivity index (χ3n) is 4.68. The topological polar surface area (TPSA) is 86.4 Å². The van der Waals surface area contributed by atoms with Gasteiger partial charge in [0.1, 0.15) is 18.2 Å². The molecule has 1 aromatic heterocycles. The quantitative estimate of drug-likeness (QED) is 0.740. The van der Waals surface area contributed by atoms with E-state index in [1.54, 1.807) is 11.6 Å². The van der Waals surface area contributed by atoms with Crippen LogP contribution in [0, 0.1) is 0 Å². The number of para-hydroxylation sites is 1. The Morgan fingerprint density at radius 1 is 1.19 bits per heavy atom. The van der Waals surface area contributed by atoms with Crippen molar-refractivity contribution in [1.82, 2.24) is 18.7 Å². The van der Waals surface area contributed by atoms with E-state index < -0.39 is 10.0 Å². The van der Waals surface area contributed by atoms with Crippen molar-refractivity contribution < 1.29 is 13.2 Å². The Hall–Kier alpha value is -2.13. The van der Waals surface area contributed by atoms with Gasteiger partial charge in [0.15, 0.2) is 0 Å². The zero-order chi connectivity index (χ0) is 18.7. The van der Waals surface area contributed by atoms with Crippen molar-refractivity contribution in [3.05, 3.63) is 46.6 Å². The standard InChI is InChI=1S/C17H24N4O4S/c1-19-16(14-8-10-20(11-9-14)26(2,23)24)18-21(17(19)22)12-13-25-15-6-4-3-5-7-15/h3-7,14H,8-13H2,1-2H3. The molecule has 0 atom stereocenters. The molecule has 0 N–H and O–H groups in total. The molecule has 0 saturated carbocycles. The van der Waals surface area contributed by atoms with Crippen LogP contribution in [0.1, 0.15) is 24.6 Å². The van der Waals surface area contributed by atoms with E-state index in [-0.39, 0.29) is 11.6 Å². The molecule has 9 heteroatoms. The van der Waals surface area contributed by atoms with Crippen LogP contribution in [0.4, 0.5) is 0 Å². The Morgan fingerprint density at radius 2 is 1.85 bits per heavy atom. The Labute approximate surface area is 153 Å². The van der Waals surface area contributed by atoms with Crippen LogP contribution in [0.15, 0.2) is 35.1 Å². The van der Waals surface area contributed by atoms with E-state index in [4.69, 9.17) is 4.74 Å². The van der Waals surface area contributed by atoms with Crippen LogP contribution in [0.2, 0.25) is 0 Å². The molecule has 1 aliphatic rings. The molecule has 26 heavy (non-hydrogen) atoms. The van der Waals surface area contributed by atoms with Gasteiger partial charge in [-0.1, -0.05) is 18.2 Å². The first-order valence-electron chi connectivity index (χ1n) is 8.63. The van der Waals surface area contributed by atoms with Crippen LogP contribution < -0.4 is 10.4 Å². The number of ether oxygens (including phenoxy) is 1. The highest BCUT2D eigenvalue weighted by molar-refractivity contribution is 7.88. The van der Waals surface area contributed by atoms with Crippen molar-refractivity contribution in [1.29, 1.82) is 0 Å². The van der Waals surface area contributed by atoms with E-state index in [9.17, 15) is 13.2 Å². The third kappa shape index (κ3) is 4.16. The van der Waals surface area contributed by atoms with E-state index in [1.165, 1.54) is 15.2 Å². The summed E-state index contributed by atoms with van der Waals surface area (Å²) in [5.74, 6) is 1.55. The van der Waals surface area contributed by atoms with E-state index >= 15 is 0 Å². The maximum absolute atomic E-state index is 12.4. The van der Waals surface area contributed by atoms with Crippen LogP contribution >= 0.6 is 0 Å². The van der Waals surface area contributed by atoms with Gasteiger partial charge in [0, 0.05) is 26.1 Å². The van der Waals surface area contributed by atoms with Crippen LogP contribution in [0.3, 0.4) is 0 Å². The average Bonchev–Trinajstić information content (AvgIpc) is 2.91. The summed E-state index contributed by atoms with van der Waals surface area (Å²) >= 11 is 0. The van der Waals surface area contributed by atoms with Crippen molar-refractivity contribution in [3.63, 3.8) is 0 Å². The molecule has 3 rings (SSSR count). The smallest absolute Gasteiger partial charge is 0.345 e. The molecule has 1 aromatic carbocycles. The van der Waals surface area contributed by atoms with Crippen molar-refractivity contribution in [2.75, 3.05) is 26.0 Å². The van der Waals surface area contributed by atoms with Gasteiger partial charge < -0.3 is 4.74 Å².